The third-order valence-electron chi connectivity index (χ3n) is 6.89. The molecule has 5 rings (SSSR count). The summed E-state index contributed by atoms with van der Waals surface area (Å²) in [4.78, 5) is 11.3. The highest BCUT2D eigenvalue weighted by Gasteiger charge is 2.34. The maximum atomic E-state index is 11.7. The number of piperidine rings is 1. The molecule has 0 N–H and O–H groups in total. The summed E-state index contributed by atoms with van der Waals surface area (Å²) in [7, 11) is -3.15. The number of hydrogen-bond donors (Lipinski definition) is 0. The fourth-order valence-electron chi connectivity index (χ4n) is 4.96. The van der Waals surface area contributed by atoms with Crippen molar-refractivity contribution >= 4 is 21.5 Å². The molecule has 0 aliphatic carbocycles. The Morgan fingerprint density at radius 2 is 2.03 bits per heavy atom. The van der Waals surface area contributed by atoms with E-state index in [0.717, 1.165) is 62.2 Å². The van der Waals surface area contributed by atoms with Gasteiger partial charge < -0.3 is 14.2 Å². The van der Waals surface area contributed by atoms with Crippen LogP contribution in [-0.2, 0) is 22.9 Å². The highest BCUT2D eigenvalue weighted by molar-refractivity contribution is 7.88. The minimum atomic E-state index is -3.15. The van der Waals surface area contributed by atoms with Gasteiger partial charge in [0.25, 0.3) is 5.95 Å². The van der Waals surface area contributed by atoms with Gasteiger partial charge in [0.2, 0.25) is 15.9 Å². The summed E-state index contributed by atoms with van der Waals surface area (Å²) in [6, 6.07) is 2.13. The number of fused-ring (bicyclic) bond motifs is 1. The maximum absolute atomic E-state index is 11.7. The number of rotatable bonds is 6. The summed E-state index contributed by atoms with van der Waals surface area (Å²) < 4.78 is 36.6. The van der Waals surface area contributed by atoms with Crippen molar-refractivity contribution in [3.63, 3.8) is 0 Å². The lowest BCUT2D eigenvalue weighted by Gasteiger charge is -2.33. The van der Waals surface area contributed by atoms with Crippen LogP contribution in [0.1, 0.15) is 49.8 Å². The minimum absolute atomic E-state index is 0.168. The third-order valence-corrected chi connectivity index (χ3v) is 8.16. The number of aryl methyl sites for hydroxylation is 1. The van der Waals surface area contributed by atoms with Crippen molar-refractivity contribution in [1.29, 1.82) is 0 Å². The van der Waals surface area contributed by atoms with Crippen molar-refractivity contribution in [2.75, 3.05) is 37.3 Å². The first-order valence-electron chi connectivity index (χ1n) is 11.8. The van der Waals surface area contributed by atoms with Crippen LogP contribution in [0.4, 0.5) is 5.95 Å². The number of anilines is 1. The smallest absolute Gasteiger partial charge is 0.266 e. The Morgan fingerprint density at radius 3 is 2.73 bits per heavy atom. The highest BCUT2D eigenvalue weighted by atomic mass is 32.2. The van der Waals surface area contributed by atoms with Crippen molar-refractivity contribution in [2.45, 2.75) is 51.6 Å². The largest absolute Gasteiger partial charge is 0.488 e. The average Bonchev–Trinajstić information content (AvgIpc) is 3.46. The standard InChI is InChI=1S/C23H31N5O4S/c1-3-4-22-25-23(26-32-22)27-9-5-17(6-10-27)20-14-18-13-19(24-15-21(18)31-20)16-7-11-28(12-8-16)33(2,29)30/h7,13,15,17,20H,3-6,8-12,14H2,1-2H3/t20-/m0/s1. The van der Waals surface area contributed by atoms with Gasteiger partial charge in [-0.25, -0.2) is 8.42 Å². The first-order chi connectivity index (χ1) is 15.9. The van der Waals surface area contributed by atoms with Gasteiger partial charge in [-0.05, 0) is 48.4 Å². The normalized spacial score (nSPS) is 22.2. The van der Waals surface area contributed by atoms with Crippen LogP contribution in [0.5, 0.6) is 5.75 Å². The maximum Gasteiger partial charge on any atom is 0.266 e. The monoisotopic (exact) mass is 473 g/mol. The lowest BCUT2D eigenvalue weighted by molar-refractivity contribution is 0.138. The Kier molecular flexibility index (Phi) is 6.13. The zero-order valence-electron chi connectivity index (χ0n) is 19.2. The van der Waals surface area contributed by atoms with E-state index < -0.39 is 10.0 Å². The van der Waals surface area contributed by atoms with Gasteiger partial charge in [-0.1, -0.05) is 13.0 Å². The lowest BCUT2D eigenvalue weighted by atomic mass is 9.89. The minimum Gasteiger partial charge on any atom is -0.488 e. The van der Waals surface area contributed by atoms with Gasteiger partial charge in [0, 0.05) is 44.6 Å². The van der Waals surface area contributed by atoms with Crippen LogP contribution >= 0.6 is 0 Å². The van der Waals surface area contributed by atoms with Crippen LogP contribution in [0.3, 0.4) is 0 Å². The molecule has 9 nitrogen and oxygen atoms in total. The average molecular weight is 474 g/mol. The van der Waals surface area contributed by atoms with Crippen molar-refractivity contribution in [3.05, 3.63) is 35.5 Å². The number of ether oxygens (including phenoxy) is 1. The molecule has 0 bridgehead atoms. The second-order valence-corrected chi connectivity index (χ2v) is 11.2. The van der Waals surface area contributed by atoms with Crippen molar-refractivity contribution in [1.82, 2.24) is 19.4 Å². The molecule has 10 heteroatoms. The second-order valence-electron chi connectivity index (χ2n) is 9.20. The number of hydrogen-bond acceptors (Lipinski definition) is 8. The summed E-state index contributed by atoms with van der Waals surface area (Å²) in [6.07, 6.45) is 10.7. The summed E-state index contributed by atoms with van der Waals surface area (Å²) in [5.41, 5.74) is 3.24. The third kappa shape index (κ3) is 4.77. The summed E-state index contributed by atoms with van der Waals surface area (Å²) in [6.45, 7) is 4.82. The first kappa shape index (κ1) is 22.3. The molecule has 178 valence electrons. The summed E-state index contributed by atoms with van der Waals surface area (Å²) in [5.74, 6) is 2.78. The molecule has 0 radical (unpaired) electrons. The summed E-state index contributed by atoms with van der Waals surface area (Å²) in [5, 5.41) is 4.14. The van der Waals surface area contributed by atoms with E-state index >= 15 is 0 Å². The Labute approximate surface area is 194 Å². The molecule has 0 spiro atoms. The number of nitrogens with zero attached hydrogens (tertiary/aromatic N) is 5. The number of sulfonamides is 1. The predicted octanol–water partition coefficient (Wildman–Crippen LogP) is 2.69. The van der Waals surface area contributed by atoms with Crippen LogP contribution in [0, 0.1) is 5.92 Å². The van der Waals surface area contributed by atoms with E-state index in [1.54, 1.807) is 0 Å². The molecule has 3 aliphatic heterocycles. The molecule has 33 heavy (non-hydrogen) atoms. The van der Waals surface area contributed by atoms with Crippen molar-refractivity contribution in [3.8, 4) is 5.75 Å². The molecular formula is C23H31N5O4S. The van der Waals surface area contributed by atoms with Gasteiger partial charge in [0.15, 0.2) is 0 Å². The van der Waals surface area contributed by atoms with Crippen LogP contribution in [0.2, 0.25) is 0 Å². The molecule has 0 amide bonds. The zero-order chi connectivity index (χ0) is 23.0. The number of pyridine rings is 1. The van der Waals surface area contributed by atoms with Gasteiger partial charge in [0.1, 0.15) is 11.9 Å². The molecule has 2 aromatic heterocycles. The quantitative estimate of drug-likeness (QED) is 0.631. The Balaban J connectivity index is 1.19. The van der Waals surface area contributed by atoms with Crippen LogP contribution in [0.15, 0.2) is 22.9 Å². The predicted molar refractivity (Wildman–Crippen MR) is 125 cm³/mol. The molecule has 0 aromatic carbocycles. The molecule has 0 unspecified atom stereocenters. The van der Waals surface area contributed by atoms with Crippen LogP contribution in [0.25, 0.3) is 5.57 Å². The van der Waals surface area contributed by atoms with Gasteiger partial charge in [-0.15, -0.1) is 0 Å². The molecule has 5 heterocycles. The van der Waals surface area contributed by atoms with Crippen LogP contribution < -0.4 is 9.64 Å². The molecule has 1 fully saturated rings. The molecule has 1 atom stereocenters. The summed E-state index contributed by atoms with van der Waals surface area (Å²) >= 11 is 0. The fraction of sp³-hybridized carbons (Fsp3) is 0.609. The van der Waals surface area contributed by atoms with Crippen LogP contribution in [-0.4, -0.2) is 66.4 Å². The van der Waals surface area contributed by atoms with Gasteiger partial charge in [-0.3, -0.25) is 4.98 Å². The van der Waals surface area contributed by atoms with E-state index in [2.05, 4.69) is 33.0 Å². The van der Waals surface area contributed by atoms with E-state index in [0.29, 0.717) is 37.3 Å². The first-order valence-corrected chi connectivity index (χ1v) is 13.6. The van der Waals surface area contributed by atoms with Gasteiger partial charge in [-0.2, -0.15) is 9.29 Å². The van der Waals surface area contributed by atoms with Crippen molar-refractivity contribution < 1.29 is 17.7 Å². The number of aromatic nitrogens is 3. The van der Waals surface area contributed by atoms with E-state index in [4.69, 9.17) is 9.26 Å². The lowest BCUT2D eigenvalue weighted by Crippen LogP contribution is -2.39. The molecule has 3 aliphatic rings. The topological polar surface area (TPSA) is 102 Å². The van der Waals surface area contributed by atoms with E-state index in [1.807, 2.05) is 12.3 Å². The second kappa shape index (κ2) is 9.06. The molecule has 2 aromatic rings. The Morgan fingerprint density at radius 1 is 1.21 bits per heavy atom. The van der Waals surface area contributed by atoms with Crippen molar-refractivity contribution in [2.24, 2.45) is 5.92 Å². The molecule has 0 saturated carbocycles. The Bertz CT molecular complexity index is 1140. The van der Waals surface area contributed by atoms with E-state index in [1.165, 1.54) is 16.1 Å². The van der Waals surface area contributed by atoms with E-state index in [-0.39, 0.29) is 6.10 Å². The van der Waals surface area contributed by atoms with E-state index in [9.17, 15) is 8.42 Å². The molecule has 1 saturated heterocycles. The van der Waals surface area contributed by atoms with Gasteiger partial charge in [0.05, 0.1) is 18.1 Å². The Hall–Kier alpha value is -2.46. The van der Waals surface area contributed by atoms with Gasteiger partial charge >= 0.3 is 0 Å². The highest BCUT2D eigenvalue weighted by Crippen LogP contribution is 2.37. The zero-order valence-corrected chi connectivity index (χ0v) is 20.1. The SMILES string of the molecule is CCCc1nc(N2CCC([C@@H]3Cc4cc(C5=CCN(S(C)(=O)=O)CC5)ncc4O3)CC2)no1. The fourth-order valence-corrected chi connectivity index (χ4v) is 5.72. The molecular weight excluding hydrogens is 442 g/mol.